The molecule has 3 rings (SSSR count). The molecule has 2 aromatic rings. The molecule has 0 radical (unpaired) electrons. The smallest absolute Gasteiger partial charge is 0.258 e. The van der Waals surface area contributed by atoms with Gasteiger partial charge in [-0.05, 0) is 56.9 Å². The van der Waals surface area contributed by atoms with Crippen molar-refractivity contribution in [2.24, 2.45) is 0 Å². The lowest BCUT2D eigenvalue weighted by atomic mass is 9.93. The first-order valence-electron chi connectivity index (χ1n) is 9.30. The molecule has 144 valence electrons. The van der Waals surface area contributed by atoms with Crippen LogP contribution in [0.15, 0.2) is 42.9 Å². The van der Waals surface area contributed by atoms with Crippen molar-refractivity contribution >= 4 is 5.91 Å². The van der Waals surface area contributed by atoms with Gasteiger partial charge in [-0.1, -0.05) is 0 Å². The van der Waals surface area contributed by atoms with E-state index in [9.17, 15) is 4.79 Å². The van der Waals surface area contributed by atoms with Gasteiger partial charge in [-0.3, -0.25) is 9.78 Å². The van der Waals surface area contributed by atoms with Crippen molar-refractivity contribution in [3.63, 3.8) is 0 Å². The molecule has 1 aliphatic carbocycles. The molecule has 1 aromatic heterocycles. The summed E-state index contributed by atoms with van der Waals surface area (Å²) in [4.78, 5) is 20.2. The fourth-order valence-corrected chi connectivity index (χ4v) is 3.06. The fraction of sp³-hybridized carbons (Fsp3) is 0.450. The van der Waals surface area contributed by atoms with Gasteiger partial charge in [0.25, 0.3) is 5.91 Å². The van der Waals surface area contributed by atoms with Gasteiger partial charge in [-0.25, -0.2) is 4.98 Å². The van der Waals surface area contributed by atoms with Gasteiger partial charge in [0.1, 0.15) is 17.6 Å². The monoisotopic (exact) mass is 371 g/mol. The molecule has 1 aromatic carbocycles. The van der Waals surface area contributed by atoms with Crippen molar-refractivity contribution < 1.29 is 19.0 Å². The van der Waals surface area contributed by atoms with Gasteiger partial charge in [0.2, 0.25) is 5.88 Å². The molecule has 0 saturated heterocycles. The number of amides is 1. The van der Waals surface area contributed by atoms with E-state index in [1.54, 1.807) is 30.7 Å². The molecular formula is C20H25N3O4. The van der Waals surface area contributed by atoms with Crippen molar-refractivity contribution in [3.05, 3.63) is 42.9 Å². The number of ether oxygens (including phenoxy) is 3. The van der Waals surface area contributed by atoms with Crippen molar-refractivity contribution in [1.29, 1.82) is 0 Å². The Hall–Kier alpha value is -2.83. The maximum atomic E-state index is 12.1. The number of nitrogens with zero attached hydrogens (tertiary/aromatic N) is 2. The SMILES string of the molecule is CCOc1ccc(OCC(=O)NC2CCC(Oc3cnccn3)CC2)cc1. The van der Waals surface area contributed by atoms with Crippen LogP contribution in [0.2, 0.25) is 0 Å². The maximum Gasteiger partial charge on any atom is 0.258 e. The Morgan fingerprint density at radius 1 is 1.07 bits per heavy atom. The van der Waals surface area contributed by atoms with Crippen LogP contribution < -0.4 is 19.5 Å². The minimum absolute atomic E-state index is 0.00398. The van der Waals surface area contributed by atoms with E-state index in [0.717, 1.165) is 31.4 Å². The Balaban J connectivity index is 1.35. The second-order valence-corrected chi connectivity index (χ2v) is 6.40. The molecule has 0 atom stereocenters. The summed E-state index contributed by atoms with van der Waals surface area (Å²) >= 11 is 0. The third-order valence-electron chi connectivity index (χ3n) is 4.37. The van der Waals surface area contributed by atoms with Gasteiger partial charge < -0.3 is 19.5 Å². The average molecular weight is 371 g/mol. The lowest BCUT2D eigenvalue weighted by molar-refractivity contribution is -0.124. The Morgan fingerprint density at radius 2 is 1.78 bits per heavy atom. The molecule has 1 amide bonds. The number of nitrogens with one attached hydrogen (secondary N) is 1. The van der Waals surface area contributed by atoms with Crippen LogP contribution in [0.4, 0.5) is 0 Å². The zero-order valence-electron chi connectivity index (χ0n) is 15.5. The predicted molar refractivity (Wildman–Crippen MR) is 100.0 cm³/mol. The molecule has 1 N–H and O–H groups in total. The molecular weight excluding hydrogens is 346 g/mol. The molecule has 1 fully saturated rings. The van der Waals surface area contributed by atoms with E-state index in [4.69, 9.17) is 14.2 Å². The first-order valence-corrected chi connectivity index (χ1v) is 9.30. The summed E-state index contributed by atoms with van der Waals surface area (Å²) in [5.41, 5.74) is 0. The highest BCUT2D eigenvalue weighted by molar-refractivity contribution is 5.77. The van der Waals surface area contributed by atoms with Gasteiger partial charge in [0.15, 0.2) is 6.61 Å². The molecule has 1 aliphatic rings. The third-order valence-corrected chi connectivity index (χ3v) is 4.37. The molecule has 0 unspecified atom stereocenters. The van der Waals surface area contributed by atoms with E-state index in [-0.39, 0.29) is 24.7 Å². The molecule has 1 heterocycles. The molecule has 27 heavy (non-hydrogen) atoms. The summed E-state index contributed by atoms with van der Waals surface area (Å²) in [6, 6.07) is 7.41. The summed E-state index contributed by atoms with van der Waals surface area (Å²) in [5.74, 6) is 1.88. The second kappa shape index (κ2) is 9.75. The Labute approximate surface area is 159 Å². The van der Waals surface area contributed by atoms with E-state index in [2.05, 4.69) is 15.3 Å². The Morgan fingerprint density at radius 3 is 2.41 bits per heavy atom. The fourth-order valence-electron chi connectivity index (χ4n) is 3.06. The third kappa shape index (κ3) is 6.13. The van der Waals surface area contributed by atoms with E-state index in [1.807, 2.05) is 19.1 Å². The highest BCUT2D eigenvalue weighted by atomic mass is 16.5. The van der Waals surface area contributed by atoms with Crippen LogP contribution in [0.3, 0.4) is 0 Å². The number of carbonyl (C=O) groups excluding carboxylic acids is 1. The van der Waals surface area contributed by atoms with Crippen LogP contribution in [-0.2, 0) is 4.79 Å². The van der Waals surface area contributed by atoms with Crippen molar-refractivity contribution in [1.82, 2.24) is 15.3 Å². The van der Waals surface area contributed by atoms with Crippen LogP contribution in [0.5, 0.6) is 17.4 Å². The highest BCUT2D eigenvalue weighted by Gasteiger charge is 2.24. The quantitative estimate of drug-likeness (QED) is 0.768. The standard InChI is InChI=1S/C20H25N3O4/c1-2-25-16-7-9-17(10-8-16)26-14-19(24)23-15-3-5-18(6-4-15)27-20-13-21-11-12-22-20/h7-13,15,18H,2-6,14H2,1H3,(H,23,24). The van der Waals surface area contributed by atoms with E-state index >= 15 is 0 Å². The summed E-state index contributed by atoms with van der Waals surface area (Å²) in [6.07, 6.45) is 8.48. The minimum atomic E-state index is -0.109. The van der Waals surface area contributed by atoms with Crippen LogP contribution in [0.1, 0.15) is 32.6 Å². The number of aromatic nitrogens is 2. The number of rotatable bonds is 8. The molecule has 0 aliphatic heterocycles. The van der Waals surface area contributed by atoms with Crippen molar-refractivity contribution in [2.75, 3.05) is 13.2 Å². The summed E-state index contributed by atoms with van der Waals surface area (Å²) in [5, 5.41) is 3.03. The van der Waals surface area contributed by atoms with Crippen LogP contribution in [0, 0.1) is 0 Å². The lowest BCUT2D eigenvalue weighted by Gasteiger charge is -2.29. The minimum Gasteiger partial charge on any atom is -0.494 e. The highest BCUT2D eigenvalue weighted by Crippen LogP contribution is 2.22. The number of benzene rings is 1. The van der Waals surface area contributed by atoms with E-state index in [1.165, 1.54) is 0 Å². The average Bonchev–Trinajstić information content (AvgIpc) is 2.70. The second-order valence-electron chi connectivity index (χ2n) is 6.40. The molecule has 0 bridgehead atoms. The van der Waals surface area contributed by atoms with Crippen LogP contribution >= 0.6 is 0 Å². The van der Waals surface area contributed by atoms with Crippen LogP contribution in [0.25, 0.3) is 0 Å². The Bertz CT molecular complexity index is 701. The molecule has 7 nitrogen and oxygen atoms in total. The zero-order chi connectivity index (χ0) is 18.9. The van der Waals surface area contributed by atoms with Crippen LogP contribution in [-0.4, -0.2) is 41.2 Å². The first kappa shape index (κ1) is 18.9. The van der Waals surface area contributed by atoms with Gasteiger partial charge in [0, 0.05) is 18.4 Å². The van der Waals surface area contributed by atoms with E-state index < -0.39 is 0 Å². The van der Waals surface area contributed by atoms with Gasteiger partial charge in [0.05, 0.1) is 12.8 Å². The number of hydrogen-bond acceptors (Lipinski definition) is 6. The van der Waals surface area contributed by atoms with Gasteiger partial charge in [-0.2, -0.15) is 0 Å². The maximum absolute atomic E-state index is 12.1. The van der Waals surface area contributed by atoms with Crippen molar-refractivity contribution in [2.45, 2.75) is 44.8 Å². The summed E-state index contributed by atoms with van der Waals surface area (Å²) in [7, 11) is 0. The topological polar surface area (TPSA) is 82.6 Å². The number of carbonyl (C=O) groups is 1. The zero-order valence-corrected chi connectivity index (χ0v) is 15.5. The predicted octanol–water partition coefficient (Wildman–Crippen LogP) is 2.76. The molecule has 0 spiro atoms. The summed E-state index contributed by atoms with van der Waals surface area (Å²) in [6.45, 7) is 2.56. The van der Waals surface area contributed by atoms with E-state index in [0.29, 0.717) is 18.2 Å². The summed E-state index contributed by atoms with van der Waals surface area (Å²) < 4.78 is 16.7. The normalized spacial score (nSPS) is 19.1. The molecule has 7 heteroatoms. The lowest BCUT2D eigenvalue weighted by Crippen LogP contribution is -2.41. The molecule has 1 saturated carbocycles. The Kier molecular flexibility index (Phi) is 6.84. The van der Waals surface area contributed by atoms with Gasteiger partial charge >= 0.3 is 0 Å². The largest absolute Gasteiger partial charge is 0.494 e. The van der Waals surface area contributed by atoms with Crippen molar-refractivity contribution in [3.8, 4) is 17.4 Å². The first-order chi connectivity index (χ1) is 13.2. The van der Waals surface area contributed by atoms with Gasteiger partial charge in [-0.15, -0.1) is 0 Å². The number of hydrogen-bond donors (Lipinski definition) is 1.